The number of urea groups is 1. The van der Waals surface area contributed by atoms with E-state index in [2.05, 4.69) is 26.6 Å². The lowest BCUT2D eigenvalue weighted by molar-refractivity contribution is -0.386. The van der Waals surface area contributed by atoms with Crippen molar-refractivity contribution in [3.63, 3.8) is 0 Å². The second kappa shape index (κ2) is 29.6. The van der Waals surface area contributed by atoms with E-state index in [4.69, 9.17) is 37.9 Å². The average molecular weight is 966 g/mol. The van der Waals surface area contributed by atoms with E-state index in [0.29, 0.717) is 51.2 Å². The summed E-state index contributed by atoms with van der Waals surface area (Å²) >= 11 is 1.87. The summed E-state index contributed by atoms with van der Waals surface area (Å²) < 4.78 is 42.9. The molecule has 5 amide bonds. The van der Waals surface area contributed by atoms with E-state index in [9.17, 15) is 44.2 Å². The zero-order chi connectivity index (χ0) is 48.4. The summed E-state index contributed by atoms with van der Waals surface area (Å²) in [6.45, 7) is 4.24. The molecule has 2 aliphatic rings. The Bertz CT molecular complexity index is 1950. The van der Waals surface area contributed by atoms with Gasteiger partial charge in [0, 0.05) is 55.6 Å². The molecule has 2 saturated heterocycles. The lowest BCUT2D eigenvalue weighted by atomic mass is 10.0. The largest absolute Gasteiger partial charge is 0.514 e. The van der Waals surface area contributed by atoms with Crippen molar-refractivity contribution >= 4 is 53.0 Å². The van der Waals surface area contributed by atoms with E-state index in [0.717, 1.165) is 43.2 Å². The van der Waals surface area contributed by atoms with Gasteiger partial charge in [-0.25, -0.2) is 9.59 Å². The third-order valence-corrected chi connectivity index (χ3v) is 11.6. The van der Waals surface area contributed by atoms with Crippen molar-refractivity contribution in [1.29, 1.82) is 0 Å². The molecule has 0 radical (unpaired) electrons. The number of methoxy groups -OCH3 is 1. The summed E-state index contributed by atoms with van der Waals surface area (Å²) in [6.07, 6.45) is 1.10. The highest BCUT2D eigenvalue weighted by molar-refractivity contribution is 8.00. The first-order valence-electron chi connectivity index (χ1n) is 21.8. The van der Waals surface area contributed by atoms with Crippen LogP contribution in [-0.4, -0.2) is 149 Å². The fourth-order valence-corrected chi connectivity index (χ4v) is 8.24. The standard InChI is InChI=1S/C42H59N7O17S/c1-28(65-42(54)66-30-11-9-29(10-12-30)48(55)56)31-24-34(59-2)35(25-33(31)49(57)58)64-16-5-8-38(51)43-13-14-44-39(52)26-63-23-22-62-21-20-61-19-18-60-17-15-45-37(50)7-4-3-6-36-40-32(27-67-36)46-41(53)47-40/h9-12,24-25,28,32,36,40H,3-8,13-23,26-27H2,1-2H3,(H,43,51)(H,44,52)(H,45,50)(H2,46,47,53). The summed E-state index contributed by atoms with van der Waals surface area (Å²) in [5, 5.41) is 37.2. The second-order valence-corrected chi connectivity index (χ2v) is 16.2. The predicted molar refractivity (Wildman–Crippen MR) is 239 cm³/mol. The van der Waals surface area contributed by atoms with Crippen molar-refractivity contribution in [3.8, 4) is 17.2 Å². The Balaban J connectivity index is 0.932. The Labute approximate surface area is 390 Å². The first-order valence-corrected chi connectivity index (χ1v) is 22.8. The SMILES string of the molecule is COc1cc(C(C)OC(=O)Oc2ccc([N+](=O)[O-])cc2)c([N+](=O)[O-])cc1OCCCC(=O)NCCNC(=O)COCCOCCOCCOCCNC(=O)CCCCC1SCC2NC(=O)NC21. The molecule has 24 nitrogen and oxygen atoms in total. The van der Waals surface area contributed by atoms with Crippen LogP contribution in [0, 0.1) is 20.2 Å². The molecule has 0 bridgehead atoms. The molecule has 2 fully saturated rings. The summed E-state index contributed by atoms with van der Waals surface area (Å²) in [5.74, 6) is 0.344. The highest BCUT2D eigenvalue weighted by atomic mass is 32.2. The number of hydrogen-bond donors (Lipinski definition) is 5. The molecule has 67 heavy (non-hydrogen) atoms. The minimum absolute atomic E-state index is 0.00348. The van der Waals surface area contributed by atoms with E-state index in [-0.39, 0.29) is 117 Å². The molecule has 370 valence electrons. The van der Waals surface area contributed by atoms with Crippen LogP contribution in [0.5, 0.6) is 17.2 Å². The molecule has 0 saturated carbocycles. The third-order valence-electron chi connectivity index (χ3n) is 10.0. The van der Waals surface area contributed by atoms with Gasteiger partial charge in [-0.15, -0.1) is 0 Å². The first kappa shape index (κ1) is 53.6. The van der Waals surface area contributed by atoms with Crippen LogP contribution in [-0.2, 0) is 38.1 Å². The van der Waals surface area contributed by atoms with E-state index in [1.165, 1.54) is 32.2 Å². The number of fused-ring (bicyclic) bond motifs is 1. The number of non-ortho nitro benzene ring substituents is 1. The molecule has 25 heteroatoms. The number of carbonyl (C=O) groups is 5. The minimum Gasteiger partial charge on any atom is -0.493 e. The van der Waals surface area contributed by atoms with Crippen LogP contribution in [0.1, 0.15) is 57.1 Å². The Morgan fingerprint density at radius 1 is 0.761 bits per heavy atom. The van der Waals surface area contributed by atoms with E-state index in [1.54, 1.807) is 0 Å². The van der Waals surface area contributed by atoms with Gasteiger partial charge in [-0.1, -0.05) is 6.42 Å². The lowest BCUT2D eigenvalue weighted by Gasteiger charge is -2.17. The number of hydrogen-bond acceptors (Lipinski definition) is 18. The first-order chi connectivity index (χ1) is 32.3. The number of carbonyl (C=O) groups excluding carboxylic acids is 5. The van der Waals surface area contributed by atoms with E-state index in [1.807, 2.05) is 11.8 Å². The monoisotopic (exact) mass is 965 g/mol. The quantitative estimate of drug-likeness (QED) is 0.0171. The van der Waals surface area contributed by atoms with E-state index < -0.39 is 27.8 Å². The Morgan fingerprint density at radius 3 is 2.04 bits per heavy atom. The number of nitro groups is 2. The average Bonchev–Trinajstić information content (AvgIpc) is 3.86. The molecule has 0 aliphatic carbocycles. The maximum atomic E-state index is 12.4. The van der Waals surface area contributed by atoms with Crippen molar-refractivity contribution in [2.24, 2.45) is 0 Å². The minimum atomic E-state index is -1.20. The van der Waals surface area contributed by atoms with Gasteiger partial charge in [0.25, 0.3) is 11.4 Å². The highest BCUT2D eigenvalue weighted by Crippen LogP contribution is 2.39. The van der Waals surface area contributed by atoms with Gasteiger partial charge in [0.05, 0.1) is 93.5 Å². The number of nitro benzene ring substituents is 2. The summed E-state index contributed by atoms with van der Waals surface area (Å²) in [7, 11) is 1.32. The van der Waals surface area contributed by atoms with Crippen molar-refractivity contribution < 1.29 is 71.7 Å². The zero-order valence-corrected chi connectivity index (χ0v) is 38.3. The van der Waals surface area contributed by atoms with Gasteiger partial charge in [0.2, 0.25) is 17.7 Å². The smallest absolute Gasteiger partial charge is 0.493 e. The fourth-order valence-electron chi connectivity index (χ4n) is 6.69. The number of benzene rings is 2. The zero-order valence-electron chi connectivity index (χ0n) is 37.5. The fraction of sp³-hybridized carbons (Fsp3) is 0.595. The summed E-state index contributed by atoms with van der Waals surface area (Å²) in [6, 6.07) is 7.38. The van der Waals surface area contributed by atoms with Gasteiger partial charge < -0.3 is 64.5 Å². The Hall–Kier alpha value is -6.02. The number of nitrogens with zero attached hydrogens (tertiary/aromatic N) is 2. The Morgan fingerprint density at radius 2 is 1.39 bits per heavy atom. The Kier molecular flexibility index (Phi) is 23.7. The number of nitrogens with one attached hydrogen (secondary N) is 5. The van der Waals surface area contributed by atoms with Gasteiger partial charge in [0.1, 0.15) is 18.5 Å². The van der Waals surface area contributed by atoms with Crippen LogP contribution in [0.3, 0.4) is 0 Å². The molecule has 0 spiro atoms. The molecular formula is C42H59N7O17S. The van der Waals surface area contributed by atoms with Crippen molar-refractivity contribution in [1.82, 2.24) is 26.6 Å². The summed E-state index contributed by atoms with van der Waals surface area (Å²) in [5.41, 5.74) is -0.665. The number of ether oxygens (including phenoxy) is 8. The molecule has 2 heterocycles. The topological polar surface area (TPSA) is 306 Å². The molecule has 2 aliphatic heterocycles. The number of unbranched alkanes of at least 4 members (excludes halogenated alkanes) is 1. The number of amides is 5. The van der Waals surface area contributed by atoms with Crippen LogP contribution in [0.4, 0.5) is 21.0 Å². The molecule has 2 aromatic rings. The molecule has 4 unspecified atom stereocenters. The van der Waals surface area contributed by atoms with E-state index >= 15 is 0 Å². The van der Waals surface area contributed by atoms with Gasteiger partial charge in [-0.05, 0) is 44.4 Å². The lowest BCUT2D eigenvalue weighted by Crippen LogP contribution is -2.36. The predicted octanol–water partition coefficient (Wildman–Crippen LogP) is 3.09. The maximum Gasteiger partial charge on any atom is 0.514 e. The van der Waals surface area contributed by atoms with Gasteiger partial charge >= 0.3 is 12.2 Å². The molecular weight excluding hydrogens is 907 g/mol. The van der Waals surface area contributed by atoms with Crippen LogP contribution < -0.4 is 40.8 Å². The molecule has 4 atom stereocenters. The van der Waals surface area contributed by atoms with Gasteiger partial charge in [-0.2, -0.15) is 11.8 Å². The van der Waals surface area contributed by atoms with Crippen molar-refractivity contribution in [2.45, 2.75) is 68.9 Å². The molecule has 5 N–H and O–H groups in total. The number of rotatable bonds is 33. The molecule has 0 aromatic heterocycles. The second-order valence-electron chi connectivity index (χ2n) is 14.9. The highest BCUT2D eigenvalue weighted by Gasteiger charge is 2.42. The van der Waals surface area contributed by atoms with Crippen molar-refractivity contribution in [3.05, 3.63) is 62.2 Å². The van der Waals surface area contributed by atoms with Gasteiger partial charge in [-0.3, -0.25) is 34.6 Å². The van der Waals surface area contributed by atoms with Crippen molar-refractivity contribution in [2.75, 3.05) is 92.0 Å². The normalized spacial score (nSPS) is 16.4. The van der Waals surface area contributed by atoms with Crippen LogP contribution in [0.25, 0.3) is 0 Å². The van der Waals surface area contributed by atoms with Crippen LogP contribution in [0.2, 0.25) is 0 Å². The maximum absolute atomic E-state index is 12.4. The molecule has 4 rings (SSSR count). The number of thioether (sulfide) groups is 1. The summed E-state index contributed by atoms with van der Waals surface area (Å²) in [4.78, 5) is 81.7. The van der Waals surface area contributed by atoms with Crippen LogP contribution >= 0.6 is 11.8 Å². The molecule has 2 aromatic carbocycles. The third kappa shape index (κ3) is 19.8. The van der Waals surface area contributed by atoms with Gasteiger partial charge in [0.15, 0.2) is 11.5 Å². The van der Waals surface area contributed by atoms with Crippen LogP contribution in [0.15, 0.2) is 36.4 Å².